The Morgan fingerprint density at radius 3 is 1.92 bits per heavy atom. The fraction of sp³-hybridized carbons (Fsp3) is 0.130. The van der Waals surface area contributed by atoms with Crippen molar-refractivity contribution in [3.8, 4) is 11.1 Å². The molecule has 0 spiro atoms. The molecule has 0 amide bonds. The highest BCUT2D eigenvalue weighted by Crippen LogP contribution is 2.19. The number of hydrogen-bond acceptors (Lipinski definition) is 3. The number of rotatable bonds is 7. The maximum absolute atomic E-state index is 12.2. The Kier molecular flexibility index (Phi) is 5.94. The third kappa shape index (κ3) is 4.90. The van der Waals surface area contributed by atoms with Gasteiger partial charge in [-0.15, -0.1) is 0 Å². The van der Waals surface area contributed by atoms with Crippen LogP contribution in [-0.2, 0) is 16.0 Å². The van der Waals surface area contributed by atoms with E-state index in [4.69, 9.17) is 4.74 Å². The van der Waals surface area contributed by atoms with Crippen molar-refractivity contribution in [2.45, 2.75) is 12.8 Å². The van der Waals surface area contributed by atoms with Crippen LogP contribution in [-0.4, -0.2) is 18.4 Å². The molecule has 130 valence electrons. The van der Waals surface area contributed by atoms with Crippen LogP contribution in [0, 0.1) is 0 Å². The molecule has 0 radical (unpaired) electrons. The zero-order valence-corrected chi connectivity index (χ0v) is 14.4. The molecule has 0 saturated carbocycles. The second-order valence-corrected chi connectivity index (χ2v) is 6.01. The van der Waals surface area contributed by atoms with E-state index in [9.17, 15) is 9.59 Å². The number of hydrogen-bond donors (Lipinski definition) is 0. The highest BCUT2D eigenvalue weighted by Gasteiger charge is 2.10. The Morgan fingerprint density at radius 1 is 0.692 bits per heavy atom. The number of carbonyl (C=O) groups excluding carboxylic acids is 2. The van der Waals surface area contributed by atoms with Crippen molar-refractivity contribution in [3.05, 3.63) is 96.1 Å². The molecule has 3 rings (SSSR count). The van der Waals surface area contributed by atoms with Crippen LogP contribution in [0.15, 0.2) is 84.9 Å². The van der Waals surface area contributed by atoms with Gasteiger partial charge in [0.05, 0.1) is 0 Å². The summed E-state index contributed by atoms with van der Waals surface area (Å²) >= 11 is 0. The zero-order chi connectivity index (χ0) is 18.2. The van der Waals surface area contributed by atoms with Crippen LogP contribution in [0.1, 0.15) is 22.3 Å². The normalized spacial score (nSPS) is 10.3. The summed E-state index contributed by atoms with van der Waals surface area (Å²) in [5.74, 6) is -0.555. The molecule has 0 heterocycles. The minimum absolute atomic E-state index is 0.197. The minimum Gasteiger partial charge on any atom is -0.457 e. The molecule has 3 heteroatoms. The summed E-state index contributed by atoms with van der Waals surface area (Å²) in [6.45, 7) is -0.224. The maximum atomic E-state index is 12.2. The lowest BCUT2D eigenvalue weighted by Gasteiger charge is -2.06. The van der Waals surface area contributed by atoms with Crippen molar-refractivity contribution in [2.24, 2.45) is 0 Å². The molecule has 0 atom stereocenters. The van der Waals surface area contributed by atoms with Gasteiger partial charge in [-0.2, -0.15) is 0 Å². The Bertz CT molecular complexity index is 853. The SMILES string of the molecule is O=C(CCc1ccccc1)OCC(=O)c1ccc(-c2ccccc2)cc1. The average molecular weight is 344 g/mol. The number of carbonyl (C=O) groups is 2. The predicted octanol–water partition coefficient (Wildman–Crippen LogP) is 4.71. The van der Waals surface area contributed by atoms with Gasteiger partial charge in [0.15, 0.2) is 12.4 Å². The lowest BCUT2D eigenvalue weighted by molar-refractivity contribution is -0.142. The molecular weight excluding hydrogens is 324 g/mol. The summed E-state index contributed by atoms with van der Waals surface area (Å²) in [5.41, 5.74) is 3.76. The van der Waals surface area contributed by atoms with Crippen LogP contribution in [0.5, 0.6) is 0 Å². The van der Waals surface area contributed by atoms with Crippen molar-refractivity contribution in [3.63, 3.8) is 0 Å². The monoisotopic (exact) mass is 344 g/mol. The lowest BCUT2D eigenvalue weighted by Crippen LogP contribution is -2.14. The topological polar surface area (TPSA) is 43.4 Å². The van der Waals surface area contributed by atoms with E-state index in [-0.39, 0.29) is 24.8 Å². The fourth-order valence-electron chi connectivity index (χ4n) is 2.67. The first kappa shape index (κ1) is 17.6. The van der Waals surface area contributed by atoms with Crippen molar-refractivity contribution >= 4 is 11.8 Å². The Labute approximate surface area is 153 Å². The van der Waals surface area contributed by atoms with Gasteiger partial charge < -0.3 is 4.74 Å². The van der Waals surface area contributed by atoms with Gasteiger partial charge in [0, 0.05) is 12.0 Å². The third-order valence-corrected chi connectivity index (χ3v) is 4.14. The summed E-state index contributed by atoms with van der Waals surface area (Å²) < 4.78 is 5.11. The van der Waals surface area contributed by atoms with E-state index in [2.05, 4.69) is 0 Å². The Balaban J connectivity index is 1.49. The lowest BCUT2D eigenvalue weighted by atomic mass is 10.0. The van der Waals surface area contributed by atoms with E-state index in [1.807, 2.05) is 72.8 Å². The molecule has 0 unspecified atom stereocenters. The average Bonchev–Trinajstić information content (AvgIpc) is 2.72. The molecule has 3 nitrogen and oxygen atoms in total. The summed E-state index contributed by atoms with van der Waals surface area (Å²) in [4.78, 5) is 24.0. The maximum Gasteiger partial charge on any atom is 0.306 e. The molecule has 0 aliphatic heterocycles. The van der Waals surface area contributed by atoms with Crippen molar-refractivity contribution in [1.29, 1.82) is 0 Å². The molecular formula is C23H20O3. The number of ether oxygens (including phenoxy) is 1. The van der Waals surface area contributed by atoms with Crippen LogP contribution >= 0.6 is 0 Å². The molecule has 0 aromatic heterocycles. The summed E-state index contributed by atoms with van der Waals surface area (Å²) in [6.07, 6.45) is 0.879. The fourth-order valence-corrected chi connectivity index (χ4v) is 2.67. The molecule has 0 aliphatic carbocycles. The summed E-state index contributed by atoms with van der Waals surface area (Å²) in [5, 5.41) is 0. The van der Waals surface area contributed by atoms with Crippen LogP contribution < -0.4 is 0 Å². The Morgan fingerprint density at radius 2 is 1.27 bits per heavy atom. The number of Topliss-reactive ketones (excluding diaryl/α,β-unsaturated/α-hetero) is 1. The highest BCUT2D eigenvalue weighted by molar-refractivity contribution is 5.98. The molecule has 0 N–H and O–H groups in total. The molecule has 0 fully saturated rings. The van der Waals surface area contributed by atoms with Gasteiger partial charge in [0.25, 0.3) is 0 Å². The first-order valence-corrected chi connectivity index (χ1v) is 8.60. The minimum atomic E-state index is -0.358. The van der Waals surface area contributed by atoms with Crippen LogP contribution in [0.3, 0.4) is 0 Å². The largest absolute Gasteiger partial charge is 0.457 e. The van der Waals surface area contributed by atoms with Crippen LogP contribution in [0.2, 0.25) is 0 Å². The van der Waals surface area contributed by atoms with E-state index in [1.165, 1.54) is 0 Å². The molecule has 0 bridgehead atoms. The van der Waals surface area contributed by atoms with Gasteiger partial charge in [-0.25, -0.2) is 0 Å². The predicted molar refractivity (Wildman–Crippen MR) is 102 cm³/mol. The molecule has 26 heavy (non-hydrogen) atoms. The summed E-state index contributed by atoms with van der Waals surface area (Å²) in [7, 11) is 0. The molecule has 0 aliphatic rings. The van der Waals surface area contributed by atoms with Crippen molar-refractivity contribution in [2.75, 3.05) is 6.61 Å². The second-order valence-electron chi connectivity index (χ2n) is 6.01. The smallest absolute Gasteiger partial charge is 0.306 e. The van der Waals surface area contributed by atoms with Gasteiger partial charge in [-0.05, 0) is 23.1 Å². The number of esters is 1. The number of ketones is 1. The van der Waals surface area contributed by atoms with E-state index in [0.29, 0.717) is 12.0 Å². The second kappa shape index (κ2) is 8.77. The standard InChI is InChI=1S/C23H20O3/c24-22(17-26-23(25)16-11-18-7-3-1-4-8-18)21-14-12-20(13-15-21)19-9-5-2-6-10-19/h1-10,12-15H,11,16-17H2. The first-order chi connectivity index (χ1) is 12.7. The van der Waals surface area contributed by atoms with Crippen molar-refractivity contribution in [1.82, 2.24) is 0 Å². The molecule has 0 saturated heterocycles. The summed E-state index contributed by atoms with van der Waals surface area (Å²) in [6, 6.07) is 27.0. The third-order valence-electron chi connectivity index (χ3n) is 4.14. The van der Waals surface area contributed by atoms with Gasteiger partial charge in [0.1, 0.15) is 0 Å². The van der Waals surface area contributed by atoms with Crippen LogP contribution in [0.4, 0.5) is 0 Å². The van der Waals surface area contributed by atoms with Gasteiger partial charge in [0.2, 0.25) is 0 Å². The van der Waals surface area contributed by atoms with E-state index >= 15 is 0 Å². The van der Waals surface area contributed by atoms with E-state index in [1.54, 1.807) is 12.1 Å². The number of aryl methyl sites for hydroxylation is 1. The Hall–Kier alpha value is -3.20. The number of benzene rings is 3. The van der Waals surface area contributed by atoms with Gasteiger partial charge in [-0.3, -0.25) is 9.59 Å². The van der Waals surface area contributed by atoms with Crippen LogP contribution in [0.25, 0.3) is 11.1 Å². The van der Waals surface area contributed by atoms with E-state index < -0.39 is 0 Å². The van der Waals surface area contributed by atoms with E-state index in [0.717, 1.165) is 16.7 Å². The quantitative estimate of drug-likeness (QED) is 0.460. The molecule has 3 aromatic carbocycles. The zero-order valence-electron chi connectivity index (χ0n) is 14.4. The first-order valence-electron chi connectivity index (χ1n) is 8.60. The van der Waals surface area contributed by atoms with Gasteiger partial charge >= 0.3 is 5.97 Å². The molecule has 3 aromatic rings. The van der Waals surface area contributed by atoms with Crippen molar-refractivity contribution < 1.29 is 14.3 Å². The van der Waals surface area contributed by atoms with Gasteiger partial charge in [-0.1, -0.05) is 84.9 Å². The highest BCUT2D eigenvalue weighted by atomic mass is 16.5.